The fraction of sp³-hybridized carbons (Fsp3) is 0.562. The van der Waals surface area contributed by atoms with E-state index in [4.69, 9.17) is 18.8 Å². The van der Waals surface area contributed by atoms with Crippen LogP contribution in [-0.2, 0) is 29.4 Å². The van der Waals surface area contributed by atoms with E-state index in [0.717, 1.165) is 5.46 Å². The molecule has 2 saturated heterocycles. The van der Waals surface area contributed by atoms with Crippen molar-refractivity contribution >= 4 is 24.2 Å². The molecular weight excluding hydrogens is 297 g/mol. The number of ether oxygens (including phenoxy) is 2. The molecular formula is C16H20BNO5. The first-order valence-corrected chi connectivity index (χ1v) is 7.85. The number of hydrogen-bond acceptors (Lipinski definition) is 5. The molecule has 6 nitrogen and oxygen atoms in total. The van der Waals surface area contributed by atoms with Gasteiger partial charge in [0.2, 0.25) is 0 Å². The molecule has 1 N–H and O–H groups in total. The van der Waals surface area contributed by atoms with E-state index in [1.807, 2.05) is 45.9 Å². The molecule has 0 atom stereocenters. The fourth-order valence-electron chi connectivity index (χ4n) is 3.09. The zero-order valence-electron chi connectivity index (χ0n) is 13.8. The number of carbonyl (C=O) groups is 1. The van der Waals surface area contributed by atoms with Crippen LogP contribution >= 0.6 is 0 Å². The largest absolute Gasteiger partial charge is 0.494 e. The van der Waals surface area contributed by atoms with Crippen LogP contribution in [0.5, 0.6) is 0 Å². The maximum Gasteiger partial charge on any atom is 0.494 e. The van der Waals surface area contributed by atoms with Gasteiger partial charge in [0.25, 0.3) is 11.7 Å². The van der Waals surface area contributed by atoms with Gasteiger partial charge in [-0.2, -0.15) is 0 Å². The second kappa shape index (κ2) is 4.57. The zero-order valence-corrected chi connectivity index (χ0v) is 13.8. The third kappa shape index (κ3) is 2.01. The van der Waals surface area contributed by atoms with Crippen LogP contribution in [0.25, 0.3) is 0 Å². The summed E-state index contributed by atoms with van der Waals surface area (Å²) in [6.45, 7) is 8.83. The minimum absolute atomic E-state index is 0.281. The lowest BCUT2D eigenvalue weighted by atomic mass is 9.78. The normalized spacial score (nSPS) is 26.6. The van der Waals surface area contributed by atoms with E-state index in [9.17, 15) is 4.79 Å². The summed E-state index contributed by atoms with van der Waals surface area (Å²) in [7, 11) is -0.487. The Morgan fingerprint density at radius 2 is 1.65 bits per heavy atom. The minimum Gasteiger partial charge on any atom is -0.399 e. The third-order valence-electron chi connectivity index (χ3n) is 5.16. The first-order chi connectivity index (χ1) is 10.8. The summed E-state index contributed by atoms with van der Waals surface area (Å²) in [5.74, 6) is -1.61. The molecule has 23 heavy (non-hydrogen) atoms. The van der Waals surface area contributed by atoms with Crippen LogP contribution in [0, 0.1) is 0 Å². The third-order valence-corrected chi connectivity index (χ3v) is 5.16. The monoisotopic (exact) mass is 317 g/mol. The van der Waals surface area contributed by atoms with E-state index in [0.29, 0.717) is 24.5 Å². The number of nitrogens with one attached hydrogen (secondary N) is 1. The van der Waals surface area contributed by atoms with Gasteiger partial charge in [-0.1, -0.05) is 12.1 Å². The van der Waals surface area contributed by atoms with Gasteiger partial charge < -0.3 is 24.1 Å². The molecule has 1 aromatic rings. The molecule has 1 spiro atoms. The summed E-state index contributed by atoms with van der Waals surface area (Å²) in [5.41, 5.74) is 1.41. The predicted octanol–water partition coefficient (Wildman–Crippen LogP) is 1.14. The van der Waals surface area contributed by atoms with Crippen molar-refractivity contribution in [2.45, 2.75) is 44.7 Å². The number of fused-ring (bicyclic) bond motifs is 2. The molecule has 7 heteroatoms. The first-order valence-electron chi connectivity index (χ1n) is 7.85. The Bertz CT molecular complexity index is 665. The van der Waals surface area contributed by atoms with Crippen molar-refractivity contribution in [1.82, 2.24) is 0 Å². The Morgan fingerprint density at radius 3 is 2.26 bits per heavy atom. The summed E-state index contributed by atoms with van der Waals surface area (Å²) < 4.78 is 23.4. The van der Waals surface area contributed by atoms with Gasteiger partial charge in [0, 0.05) is 5.56 Å². The van der Waals surface area contributed by atoms with E-state index in [1.165, 1.54) is 0 Å². The summed E-state index contributed by atoms with van der Waals surface area (Å²) in [6, 6.07) is 5.61. The van der Waals surface area contributed by atoms with E-state index < -0.39 is 24.1 Å². The molecule has 0 aromatic heterocycles. The molecule has 3 aliphatic heterocycles. The molecule has 0 saturated carbocycles. The van der Waals surface area contributed by atoms with Crippen molar-refractivity contribution in [2.75, 3.05) is 18.5 Å². The summed E-state index contributed by atoms with van der Waals surface area (Å²) in [4.78, 5) is 12.3. The topological polar surface area (TPSA) is 66.0 Å². The molecule has 0 bridgehead atoms. The molecule has 0 radical (unpaired) electrons. The van der Waals surface area contributed by atoms with E-state index in [-0.39, 0.29) is 5.91 Å². The Kier molecular flexibility index (Phi) is 3.01. The number of carbonyl (C=O) groups excluding carboxylic acids is 1. The van der Waals surface area contributed by atoms with Crippen molar-refractivity contribution in [3.63, 3.8) is 0 Å². The van der Waals surface area contributed by atoms with Gasteiger partial charge in [-0.15, -0.1) is 0 Å². The molecule has 0 unspecified atom stereocenters. The van der Waals surface area contributed by atoms with Gasteiger partial charge in [-0.25, -0.2) is 0 Å². The zero-order chi connectivity index (χ0) is 16.5. The highest BCUT2D eigenvalue weighted by molar-refractivity contribution is 6.62. The molecule has 122 valence electrons. The van der Waals surface area contributed by atoms with Crippen molar-refractivity contribution in [3.05, 3.63) is 23.8 Å². The molecule has 2 fully saturated rings. The number of amides is 1. The number of benzene rings is 1. The number of anilines is 1. The molecule has 3 heterocycles. The van der Waals surface area contributed by atoms with Crippen molar-refractivity contribution in [3.8, 4) is 0 Å². The lowest BCUT2D eigenvalue weighted by Crippen LogP contribution is -2.41. The smallest absolute Gasteiger partial charge is 0.399 e. The Morgan fingerprint density at radius 1 is 1.04 bits per heavy atom. The van der Waals surface area contributed by atoms with Crippen LogP contribution in [0.4, 0.5) is 5.69 Å². The van der Waals surface area contributed by atoms with Crippen LogP contribution in [0.3, 0.4) is 0 Å². The molecule has 1 amide bonds. The molecule has 4 rings (SSSR count). The fourth-order valence-corrected chi connectivity index (χ4v) is 3.09. The van der Waals surface area contributed by atoms with Crippen molar-refractivity contribution in [1.29, 1.82) is 0 Å². The summed E-state index contributed by atoms with van der Waals surface area (Å²) in [6.07, 6.45) is 0. The predicted molar refractivity (Wildman–Crippen MR) is 84.4 cm³/mol. The van der Waals surface area contributed by atoms with E-state index in [2.05, 4.69) is 5.32 Å². The summed E-state index contributed by atoms with van der Waals surface area (Å²) >= 11 is 0. The van der Waals surface area contributed by atoms with Gasteiger partial charge in [0.05, 0.1) is 30.1 Å². The summed E-state index contributed by atoms with van der Waals surface area (Å²) in [5, 5.41) is 2.81. The van der Waals surface area contributed by atoms with Gasteiger partial charge in [-0.05, 0) is 39.2 Å². The molecule has 3 aliphatic rings. The Hall–Kier alpha value is -1.41. The lowest BCUT2D eigenvalue weighted by molar-refractivity contribution is -0.178. The van der Waals surface area contributed by atoms with Crippen LogP contribution in [-0.4, -0.2) is 37.4 Å². The van der Waals surface area contributed by atoms with Gasteiger partial charge in [0.1, 0.15) is 0 Å². The molecule has 0 aliphatic carbocycles. The SMILES string of the molecule is CC1(C)OB(c2ccc3c(c2)C2(OCCO2)C(=O)N3)OC1(C)C. The Labute approximate surface area is 135 Å². The Balaban J connectivity index is 1.72. The maximum atomic E-state index is 12.3. The van der Waals surface area contributed by atoms with Crippen LogP contribution in [0.1, 0.15) is 33.3 Å². The average Bonchev–Trinajstić information content (AvgIpc) is 3.11. The van der Waals surface area contributed by atoms with Gasteiger partial charge in [-0.3, -0.25) is 4.79 Å². The van der Waals surface area contributed by atoms with Crippen LogP contribution < -0.4 is 10.8 Å². The minimum atomic E-state index is -1.32. The average molecular weight is 317 g/mol. The van der Waals surface area contributed by atoms with Crippen molar-refractivity contribution in [2.24, 2.45) is 0 Å². The highest BCUT2D eigenvalue weighted by Gasteiger charge is 2.55. The van der Waals surface area contributed by atoms with Gasteiger partial charge >= 0.3 is 7.12 Å². The van der Waals surface area contributed by atoms with Crippen LogP contribution in [0.2, 0.25) is 0 Å². The second-order valence-electron chi connectivity index (χ2n) is 7.16. The highest BCUT2D eigenvalue weighted by atomic mass is 16.7. The number of rotatable bonds is 1. The molecule has 1 aromatic carbocycles. The highest BCUT2D eigenvalue weighted by Crippen LogP contribution is 2.42. The van der Waals surface area contributed by atoms with E-state index >= 15 is 0 Å². The van der Waals surface area contributed by atoms with E-state index in [1.54, 1.807) is 0 Å². The first kappa shape index (κ1) is 15.1. The standard InChI is InChI=1S/C16H20BNO5/c1-14(2)15(3,4)23-17(22-14)10-5-6-12-11(9-10)16(13(19)18-12)20-7-8-21-16/h5-6,9H,7-8H2,1-4H3,(H,18,19). The van der Waals surface area contributed by atoms with Crippen LogP contribution in [0.15, 0.2) is 18.2 Å². The quantitative estimate of drug-likeness (QED) is 0.787. The number of hydrogen-bond donors (Lipinski definition) is 1. The van der Waals surface area contributed by atoms with Gasteiger partial charge in [0.15, 0.2) is 0 Å². The lowest BCUT2D eigenvalue weighted by Gasteiger charge is -2.32. The second-order valence-corrected chi connectivity index (χ2v) is 7.16. The van der Waals surface area contributed by atoms with Crippen molar-refractivity contribution < 1.29 is 23.6 Å². The maximum absolute atomic E-state index is 12.3.